The fourth-order valence-electron chi connectivity index (χ4n) is 1.35. The standard InChI is InChI=1S/C12H15NO3/c1-3-13-11(14)10-6-4-5-9(7-10)8(2)12(15)16/h4-8H,3H2,1-2H3,(H,13,14)(H,15,16). The number of carboxylic acids is 1. The quantitative estimate of drug-likeness (QED) is 0.812. The summed E-state index contributed by atoms with van der Waals surface area (Å²) in [7, 11) is 0. The number of benzene rings is 1. The summed E-state index contributed by atoms with van der Waals surface area (Å²) >= 11 is 0. The Morgan fingerprint density at radius 2 is 2.12 bits per heavy atom. The Bertz CT molecular complexity index is 401. The van der Waals surface area contributed by atoms with Gasteiger partial charge in [-0.25, -0.2) is 0 Å². The van der Waals surface area contributed by atoms with Crippen molar-refractivity contribution in [1.29, 1.82) is 0 Å². The molecule has 86 valence electrons. The highest BCUT2D eigenvalue weighted by molar-refractivity contribution is 5.94. The number of carbonyl (C=O) groups is 2. The van der Waals surface area contributed by atoms with E-state index >= 15 is 0 Å². The molecule has 1 aromatic rings. The van der Waals surface area contributed by atoms with E-state index in [0.717, 1.165) is 0 Å². The van der Waals surface area contributed by atoms with Crippen LogP contribution in [0.3, 0.4) is 0 Å². The Morgan fingerprint density at radius 3 is 2.69 bits per heavy atom. The first-order valence-corrected chi connectivity index (χ1v) is 5.17. The van der Waals surface area contributed by atoms with Crippen LogP contribution < -0.4 is 5.32 Å². The molecule has 0 spiro atoms. The Kier molecular flexibility index (Phi) is 4.05. The van der Waals surface area contributed by atoms with Crippen molar-refractivity contribution in [2.75, 3.05) is 6.54 Å². The summed E-state index contributed by atoms with van der Waals surface area (Å²) < 4.78 is 0. The third-order valence-corrected chi connectivity index (χ3v) is 2.36. The number of aliphatic carboxylic acids is 1. The van der Waals surface area contributed by atoms with E-state index in [1.165, 1.54) is 0 Å². The molecule has 0 aliphatic rings. The van der Waals surface area contributed by atoms with Gasteiger partial charge in [0, 0.05) is 12.1 Å². The van der Waals surface area contributed by atoms with Crippen molar-refractivity contribution in [3.8, 4) is 0 Å². The zero-order chi connectivity index (χ0) is 12.1. The molecule has 0 aromatic heterocycles. The normalized spacial score (nSPS) is 11.9. The minimum atomic E-state index is -0.895. The van der Waals surface area contributed by atoms with Crippen LogP contribution in [0.4, 0.5) is 0 Å². The molecule has 1 aromatic carbocycles. The highest BCUT2D eigenvalue weighted by Crippen LogP contribution is 2.16. The molecule has 0 aliphatic heterocycles. The molecular weight excluding hydrogens is 206 g/mol. The maximum absolute atomic E-state index is 11.5. The maximum Gasteiger partial charge on any atom is 0.310 e. The molecule has 0 saturated heterocycles. The Balaban J connectivity index is 2.95. The smallest absolute Gasteiger partial charge is 0.310 e. The highest BCUT2D eigenvalue weighted by Gasteiger charge is 2.15. The number of carbonyl (C=O) groups excluding carboxylic acids is 1. The van der Waals surface area contributed by atoms with Crippen LogP contribution in [-0.4, -0.2) is 23.5 Å². The van der Waals surface area contributed by atoms with Gasteiger partial charge in [-0.1, -0.05) is 12.1 Å². The fraction of sp³-hybridized carbons (Fsp3) is 0.333. The average molecular weight is 221 g/mol. The molecule has 0 saturated carbocycles. The SMILES string of the molecule is CCNC(=O)c1cccc(C(C)C(=O)O)c1. The lowest BCUT2D eigenvalue weighted by molar-refractivity contribution is -0.138. The van der Waals surface area contributed by atoms with Crippen LogP contribution in [0, 0.1) is 0 Å². The molecule has 1 atom stereocenters. The van der Waals surface area contributed by atoms with Crippen LogP contribution in [-0.2, 0) is 4.79 Å². The second-order valence-corrected chi connectivity index (χ2v) is 3.54. The first kappa shape index (κ1) is 12.2. The summed E-state index contributed by atoms with van der Waals surface area (Å²) in [6.45, 7) is 3.98. The van der Waals surface area contributed by atoms with E-state index < -0.39 is 11.9 Å². The van der Waals surface area contributed by atoms with E-state index in [0.29, 0.717) is 17.7 Å². The van der Waals surface area contributed by atoms with Crippen molar-refractivity contribution in [3.05, 3.63) is 35.4 Å². The first-order valence-electron chi connectivity index (χ1n) is 5.17. The average Bonchev–Trinajstić information content (AvgIpc) is 2.28. The lowest BCUT2D eigenvalue weighted by Crippen LogP contribution is -2.22. The summed E-state index contributed by atoms with van der Waals surface area (Å²) in [5.74, 6) is -1.68. The van der Waals surface area contributed by atoms with Gasteiger partial charge < -0.3 is 10.4 Å². The van der Waals surface area contributed by atoms with Crippen LogP contribution >= 0.6 is 0 Å². The van der Waals surface area contributed by atoms with Gasteiger partial charge in [0.05, 0.1) is 5.92 Å². The third-order valence-electron chi connectivity index (χ3n) is 2.36. The molecule has 0 fully saturated rings. The molecule has 1 unspecified atom stereocenters. The van der Waals surface area contributed by atoms with Gasteiger partial charge in [0.15, 0.2) is 0 Å². The number of nitrogens with one attached hydrogen (secondary N) is 1. The van der Waals surface area contributed by atoms with Crippen LogP contribution in [0.1, 0.15) is 35.7 Å². The van der Waals surface area contributed by atoms with Gasteiger partial charge in [-0.2, -0.15) is 0 Å². The lowest BCUT2D eigenvalue weighted by atomic mass is 9.99. The molecule has 0 bridgehead atoms. The van der Waals surface area contributed by atoms with Crippen LogP contribution in [0.2, 0.25) is 0 Å². The van der Waals surface area contributed by atoms with E-state index in [-0.39, 0.29) is 5.91 Å². The van der Waals surface area contributed by atoms with E-state index in [9.17, 15) is 9.59 Å². The van der Waals surface area contributed by atoms with E-state index in [2.05, 4.69) is 5.32 Å². The van der Waals surface area contributed by atoms with Crippen LogP contribution in [0.5, 0.6) is 0 Å². The summed E-state index contributed by atoms with van der Waals surface area (Å²) in [6, 6.07) is 6.69. The Hall–Kier alpha value is -1.84. The number of amides is 1. The van der Waals surface area contributed by atoms with Crippen LogP contribution in [0.15, 0.2) is 24.3 Å². The molecule has 4 nitrogen and oxygen atoms in total. The van der Waals surface area contributed by atoms with Gasteiger partial charge in [0.25, 0.3) is 5.91 Å². The predicted octanol–water partition coefficient (Wildman–Crippen LogP) is 1.62. The van der Waals surface area contributed by atoms with Gasteiger partial charge in [0.1, 0.15) is 0 Å². The van der Waals surface area contributed by atoms with Gasteiger partial charge in [-0.05, 0) is 31.5 Å². The number of rotatable bonds is 4. The molecule has 4 heteroatoms. The monoisotopic (exact) mass is 221 g/mol. The van der Waals surface area contributed by atoms with Gasteiger partial charge in [0.2, 0.25) is 0 Å². The van der Waals surface area contributed by atoms with E-state index in [1.54, 1.807) is 31.2 Å². The van der Waals surface area contributed by atoms with Crippen molar-refractivity contribution in [2.45, 2.75) is 19.8 Å². The Labute approximate surface area is 94.3 Å². The molecule has 16 heavy (non-hydrogen) atoms. The minimum absolute atomic E-state index is 0.179. The summed E-state index contributed by atoms with van der Waals surface area (Å²) in [6.07, 6.45) is 0. The molecule has 0 aliphatic carbocycles. The topological polar surface area (TPSA) is 66.4 Å². The number of hydrogen-bond acceptors (Lipinski definition) is 2. The molecule has 1 rings (SSSR count). The predicted molar refractivity (Wildman–Crippen MR) is 60.5 cm³/mol. The Morgan fingerprint density at radius 1 is 1.44 bits per heavy atom. The molecule has 1 amide bonds. The molecular formula is C12H15NO3. The number of hydrogen-bond donors (Lipinski definition) is 2. The van der Waals surface area contributed by atoms with Crippen molar-refractivity contribution >= 4 is 11.9 Å². The van der Waals surface area contributed by atoms with Crippen molar-refractivity contribution in [2.24, 2.45) is 0 Å². The zero-order valence-electron chi connectivity index (χ0n) is 9.36. The minimum Gasteiger partial charge on any atom is -0.481 e. The molecule has 2 N–H and O–H groups in total. The summed E-state index contributed by atoms with van der Waals surface area (Å²) in [4.78, 5) is 22.3. The maximum atomic E-state index is 11.5. The molecule has 0 heterocycles. The van der Waals surface area contributed by atoms with E-state index in [4.69, 9.17) is 5.11 Å². The first-order chi connectivity index (χ1) is 7.56. The third kappa shape index (κ3) is 2.82. The second-order valence-electron chi connectivity index (χ2n) is 3.54. The van der Waals surface area contributed by atoms with Crippen LogP contribution in [0.25, 0.3) is 0 Å². The summed E-state index contributed by atoms with van der Waals surface area (Å²) in [5, 5.41) is 11.5. The van der Waals surface area contributed by atoms with Gasteiger partial charge in [-0.15, -0.1) is 0 Å². The molecule has 0 radical (unpaired) electrons. The van der Waals surface area contributed by atoms with Crippen molar-refractivity contribution in [1.82, 2.24) is 5.32 Å². The number of carboxylic acid groups (broad SMARTS) is 1. The highest BCUT2D eigenvalue weighted by atomic mass is 16.4. The largest absolute Gasteiger partial charge is 0.481 e. The van der Waals surface area contributed by atoms with Gasteiger partial charge in [-0.3, -0.25) is 9.59 Å². The summed E-state index contributed by atoms with van der Waals surface area (Å²) in [5.41, 5.74) is 1.13. The zero-order valence-corrected chi connectivity index (χ0v) is 9.36. The lowest BCUT2D eigenvalue weighted by Gasteiger charge is -2.08. The van der Waals surface area contributed by atoms with Crippen molar-refractivity contribution < 1.29 is 14.7 Å². The van der Waals surface area contributed by atoms with Gasteiger partial charge >= 0.3 is 5.97 Å². The second kappa shape index (κ2) is 5.30. The van der Waals surface area contributed by atoms with Crippen molar-refractivity contribution in [3.63, 3.8) is 0 Å². The van der Waals surface area contributed by atoms with E-state index in [1.807, 2.05) is 6.92 Å². The fourth-order valence-corrected chi connectivity index (χ4v) is 1.35.